The molecule has 1 aromatic rings. The van der Waals surface area contributed by atoms with E-state index in [1.54, 1.807) is 0 Å². The van der Waals surface area contributed by atoms with E-state index < -0.39 is 0 Å². The molecule has 0 bridgehead atoms. The molecule has 2 N–H and O–H groups in total. The summed E-state index contributed by atoms with van der Waals surface area (Å²) in [7, 11) is 0. The molecule has 1 unspecified atom stereocenters. The van der Waals surface area contributed by atoms with Gasteiger partial charge in [-0.2, -0.15) is 0 Å². The predicted octanol–water partition coefficient (Wildman–Crippen LogP) is 1.50. The van der Waals surface area contributed by atoms with Crippen molar-refractivity contribution in [1.29, 1.82) is 0 Å². The van der Waals surface area contributed by atoms with E-state index in [1.165, 1.54) is 19.4 Å². The van der Waals surface area contributed by atoms with E-state index in [9.17, 15) is 4.79 Å². The fraction of sp³-hybridized carbons (Fsp3) is 0.533. The molecule has 102 valence electrons. The number of piperazine rings is 1. The fourth-order valence-electron chi connectivity index (χ4n) is 3.23. The summed E-state index contributed by atoms with van der Waals surface area (Å²) in [6.07, 6.45) is 2.49. The monoisotopic (exact) mass is 259 g/mol. The highest BCUT2D eigenvalue weighted by atomic mass is 16.2. The largest absolute Gasteiger partial charge is 0.398 e. The first-order valence-electron chi connectivity index (χ1n) is 7.05. The Labute approximate surface area is 114 Å². The number of nitrogens with two attached hydrogens (primary N) is 1. The number of fused-ring (bicyclic) bond motifs is 1. The predicted molar refractivity (Wildman–Crippen MR) is 76.1 cm³/mol. The third kappa shape index (κ3) is 2.21. The van der Waals surface area contributed by atoms with Crippen LogP contribution in [0.25, 0.3) is 0 Å². The molecule has 19 heavy (non-hydrogen) atoms. The summed E-state index contributed by atoms with van der Waals surface area (Å²) in [6.45, 7) is 5.84. The molecular formula is C15H21N3O. The smallest absolute Gasteiger partial charge is 0.254 e. The number of anilines is 1. The van der Waals surface area contributed by atoms with Crippen molar-refractivity contribution in [2.75, 3.05) is 31.9 Å². The molecule has 2 aliphatic rings. The summed E-state index contributed by atoms with van der Waals surface area (Å²) in [5.41, 5.74) is 8.25. The molecule has 1 amide bonds. The van der Waals surface area contributed by atoms with E-state index in [0.717, 1.165) is 30.8 Å². The van der Waals surface area contributed by atoms with Gasteiger partial charge in [-0.25, -0.2) is 0 Å². The molecule has 2 fully saturated rings. The summed E-state index contributed by atoms with van der Waals surface area (Å²) in [5, 5.41) is 0. The summed E-state index contributed by atoms with van der Waals surface area (Å²) in [6, 6.07) is 6.16. The van der Waals surface area contributed by atoms with Crippen molar-refractivity contribution in [3.63, 3.8) is 0 Å². The molecule has 2 aliphatic heterocycles. The number of nitrogens with zero attached hydrogens (tertiary/aromatic N) is 2. The second kappa shape index (κ2) is 4.85. The van der Waals surface area contributed by atoms with Gasteiger partial charge in [-0.15, -0.1) is 0 Å². The summed E-state index contributed by atoms with van der Waals surface area (Å²) in [5.74, 6) is 0.136. The van der Waals surface area contributed by atoms with E-state index in [4.69, 9.17) is 5.73 Å². The van der Waals surface area contributed by atoms with E-state index in [2.05, 4.69) is 4.90 Å². The first kappa shape index (κ1) is 12.5. The third-order valence-corrected chi connectivity index (χ3v) is 4.48. The van der Waals surface area contributed by atoms with Crippen molar-refractivity contribution in [1.82, 2.24) is 9.80 Å². The van der Waals surface area contributed by atoms with Crippen LogP contribution in [-0.2, 0) is 0 Å². The second-order valence-corrected chi connectivity index (χ2v) is 5.60. The van der Waals surface area contributed by atoms with Gasteiger partial charge in [-0.3, -0.25) is 9.69 Å². The zero-order chi connectivity index (χ0) is 13.4. The quantitative estimate of drug-likeness (QED) is 0.778. The molecular weight excluding hydrogens is 238 g/mol. The standard InChI is InChI=1S/C15H21N3O/c1-11-13(5-2-6-14(11)16)15(19)18-9-8-17-7-3-4-12(17)10-18/h2,5-6,12H,3-4,7-10,16H2,1H3. The van der Waals surface area contributed by atoms with Crippen LogP contribution in [0.15, 0.2) is 18.2 Å². The lowest BCUT2D eigenvalue weighted by atomic mass is 10.0. The Bertz CT molecular complexity index is 500. The van der Waals surface area contributed by atoms with Crippen molar-refractivity contribution in [3.8, 4) is 0 Å². The number of benzene rings is 1. The Kier molecular flexibility index (Phi) is 3.19. The average molecular weight is 259 g/mol. The Balaban J connectivity index is 1.79. The average Bonchev–Trinajstić information content (AvgIpc) is 2.88. The molecule has 1 aromatic carbocycles. The minimum Gasteiger partial charge on any atom is -0.398 e. The van der Waals surface area contributed by atoms with Gasteiger partial charge < -0.3 is 10.6 Å². The first-order valence-corrected chi connectivity index (χ1v) is 7.05. The number of rotatable bonds is 1. The minimum absolute atomic E-state index is 0.136. The Hall–Kier alpha value is -1.55. The molecule has 3 rings (SSSR count). The molecule has 0 radical (unpaired) electrons. The number of hydrogen-bond acceptors (Lipinski definition) is 3. The third-order valence-electron chi connectivity index (χ3n) is 4.48. The van der Waals surface area contributed by atoms with Gasteiger partial charge in [0.1, 0.15) is 0 Å². The van der Waals surface area contributed by atoms with E-state index in [-0.39, 0.29) is 5.91 Å². The fourth-order valence-corrected chi connectivity index (χ4v) is 3.23. The minimum atomic E-state index is 0.136. The normalized spacial score (nSPS) is 23.4. The molecule has 1 atom stereocenters. The van der Waals surface area contributed by atoms with Crippen LogP contribution in [0.5, 0.6) is 0 Å². The Morgan fingerprint density at radius 2 is 2.16 bits per heavy atom. The Morgan fingerprint density at radius 1 is 1.32 bits per heavy atom. The van der Waals surface area contributed by atoms with Crippen LogP contribution >= 0.6 is 0 Å². The highest BCUT2D eigenvalue weighted by molar-refractivity contribution is 5.97. The SMILES string of the molecule is Cc1c(N)cccc1C(=O)N1CCN2CCCC2C1. The highest BCUT2D eigenvalue weighted by Gasteiger charge is 2.33. The molecule has 0 aliphatic carbocycles. The maximum atomic E-state index is 12.6. The van der Waals surface area contributed by atoms with Gasteiger partial charge in [0.05, 0.1) is 0 Å². The van der Waals surface area contributed by atoms with Crippen LogP contribution in [-0.4, -0.2) is 47.9 Å². The second-order valence-electron chi connectivity index (χ2n) is 5.60. The molecule has 4 nitrogen and oxygen atoms in total. The maximum Gasteiger partial charge on any atom is 0.254 e. The highest BCUT2D eigenvalue weighted by Crippen LogP contribution is 2.24. The summed E-state index contributed by atoms with van der Waals surface area (Å²) in [4.78, 5) is 17.1. The lowest BCUT2D eigenvalue weighted by molar-refractivity contribution is 0.0570. The van der Waals surface area contributed by atoms with Gasteiger partial charge in [0.15, 0.2) is 0 Å². The van der Waals surface area contributed by atoms with Gasteiger partial charge in [0.25, 0.3) is 5.91 Å². The maximum absolute atomic E-state index is 12.6. The molecule has 0 saturated carbocycles. The van der Waals surface area contributed by atoms with Gasteiger partial charge in [-0.05, 0) is 44.0 Å². The van der Waals surface area contributed by atoms with Crippen molar-refractivity contribution in [3.05, 3.63) is 29.3 Å². The van der Waals surface area contributed by atoms with Crippen LogP contribution in [0.1, 0.15) is 28.8 Å². The molecule has 0 aromatic heterocycles. The Morgan fingerprint density at radius 3 is 3.00 bits per heavy atom. The van der Waals surface area contributed by atoms with Crippen molar-refractivity contribution < 1.29 is 4.79 Å². The number of carbonyl (C=O) groups excluding carboxylic acids is 1. The summed E-state index contributed by atoms with van der Waals surface area (Å²) >= 11 is 0. The van der Waals surface area contributed by atoms with Crippen LogP contribution in [0, 0.1) is 6.92 Å². The molecule has 0 spiro atoms. The first-order chi connectivity index (χ1) is 9.16. The van der Waals surface area contributed by atoms with Crippen LogP contribution in [0.2, 0.25) is 0 Å². The van der Waals surface area contributed by atoms with Crippen LogP contribution in [0.3, 0.4) is 0 Å². The van der Waals surface area contributed by atoms with Gasteiger partial charge >= 0.3 is 0 Å². The molecule has 2 heterocycles. The van der Waals surface area contributed by atoms with E-state index >= 15 is 0 Å². The van der Waals surface area contributed by atoms with Gasteiger partial charge in [0.2, 0.25) is 0 Å². The van der Waals surface area contributed by atoms with Gasteiger partial charge in [0, 0.05) is 36.9 Å². The lowest BCUT2D eigenvalue weighted by Crippen LogP contribution is -2.52. The number of hydrogen-bond donors (Lipinski definition) is 1. The van der Waals surface area contributed by atoms with Gasteiger partial charge in [-0.1, -0.05) is 6.07 Å². The van der Waals surface area contributed by atoms with E-state index in [0.29, 0.717) is 11.7 Å². The van der Waals surface area contributed by atoms with Crippen LogP contribution < -0.4 is 5.73 Å². The van der Waals surface area contributed by atoms with Crippen molar-refractivity contribution in [2.24, 2.45) is 0 Å². The van der Waals surface area contributed by atoms with Crippen LogP contribution in [0.4, 0.5) is 5.69 Å². The summed E-state index contributed by atoms with van der Waals surface area (Å²) < 4.78 is 0. The molecule has 4 heteroatoms. The number of nitrogen functional groups attached to an aromatic ring is 1. The lowest BCUT2D eigenvalue weighted by Gasteiger charge is -2.37. The molecule has 2 saturated heterocycles. The van der Waals surface area contributed by atoms with Crippen molar-refractivity contribution in [2.45, 2.75) is 25.8 Å². The topological polar surface area (TPSA) is 49.6 Å². The van der Waals surface area contributed by atoms with Crippen molar-refractivity contribution >= 4 is 11.6 Å². The zero-order valence-corrected chi connectivity index (χ0v) is 11.4. The zero-order valence-electron chi connectivity index (χ0n) is 11.4. The van der Waals surface area contributed by atoms with E-state index in [1.807, 2.05) is 30.0 Å². The number of amides is 1. The number of carbonyl (C=O) groups is 1.